The molecule has 26 heavy (non-hydrogen) atoms. The Hall–Kier alpha value is -1.89. The van der Waals surface area contributed by atoms with Crippen molar-refractivity contribution in [1.29, 1.82) is 0 Å². The highest BCUT2D eigenvalue weighted by molar-refractivity contribution is 7.99. The average Bonchev–Trinajstić information content (AvgIpc) is 3.38. The number of nitrogens with one attached hydrogen (secondary N) is 1. The largest absolute Gasteiger partial charge is 0.353 e. The Kier molecular flexibility index (Phi) is 6.29. The van der Waals surface area contributed by atoms with E-state index in [1.165, 1.54) is 11.8 Å². The molecule has 2 heterocycles. The fourth-order valence-electron chi connectivity index (χ4n) is 2.83. The summed E-state index contributed by atoms with van der Waals surface area (Å²) < 4.78 is 2.16. The van der Waals surface area contributed by atoms with E-state index in [1.807, 2.05) is 12.1 Å². The van der Waals surface area contributed by atoms with Gasteiger partial charge in [-0.05, 0) is 50.7 Å². The van der Waals surface area contributed by atoms with Crippen LogP contribution in [0.3, 0.4) is 0 Å². The summed E-state index contributed by atoms with van der Waals surface area (Å²) >= 11 is 1.46. The second-order valence-electron chi connectivity index (χ2n) is 7.38. The number of hydrogen-bond acceptors (Lipinski definition) is 5. The first-order valence-corrected chi connectivity index (χ1v) is 10.3. The van der Waals surface area contributed by atoms with Crippen LogP contribution in [-0.2, 0) is 4.79 Å². The van der Waals surface area contributed by atoms with E-state index in [9.17, 15) is 4.79 Å². The Bertz CT molecular complexity index is 727. The molecule has 3 rings (SSSR count). The fraction of sp³-hybridized carbons (Fsp3) is 0.579. The zero-order valence-electron chi connectivity index (χ0n) is 15.7. The zero-order valence-corrected chi connectivity index (χ0v) is 16.5. The molecular weight excluding hydrogens is 346 g/mol. The van der Waals surface area contributed by atoms with Gasteiger partial charge in [-0.1, -0.05) is 25.6 Å². The molecule has 0 spiro atoms. The molecule has 2 aromatic rings. The van der Waals surface area contributed by atoms with Gasteiger partial charge in [0, 0.05) is 30.0 Å². The smallest absolute Gasteiger partial charge is 0.230 e. The molecule has 6 nitrogen and oxygen atoms in total. The molecular formula is C19H27N5OS. The monoisotopic (exact) mass is 373 g/mol. The predicted octanol–water partition coefficient (Wildman–Crippen LogP) is 3.71. The summed E-state index contributed by atoms with van der Waals surface area (Å²) in [5, 5.41) is 12.6. The number of rotatable bonds is 9. The molecule has 0 aromatic carbocycles. The molecule has 2 aromatic heterocycles. The van der Waals surface area contributed by atoms with Gasteiger partial charge in [-0.25, -0.2) is 0 Å². The number of amides is 1. The summed E-state index contributed by atoms with van der Waals surface area (Å²) in [6.45, 7) is 6.47. The Morgan fingerprint density at radius 2 is 2.12 bits per heavy atom. The topological polar surface area (TPSA) is 72.7 Å². The van der Waals surface area contributed by atoms with Crippen molar-refractivity contribution in [3.05, 3.63) is 24.5 Å². The summed E-state index contributed by atoms with van der Waals surface area (Å²) in [5.41, 5.74) is 0.963. The van der Waals surface area contributed by atoms with E-state index in [-0.39, 0.29) is 11.9 Å². The lowest BCUT2D eigenvalue weighted by molar-refractivity contribution is -0.119. The van der Waals surface area contributed by atoms with Crippen molar-refractivity contribution in [3.63, 3.8) is 0 Å². The van der Waals surface area contributed by atoms with Crippen LogP contribution in [0.15, 0.2) is 29.7 Å². The van der Waals surface area contributed by atoms with Crippen molar-refractivity contribution in [3.8, 4) is 11.4 Å². The molecule has 0 radical (unpaired) electrons. The first kappa shape index (κ1) is 18.9. The highest BCUT2D eigenvalue weighted by Gasteiger charge is 2.30. The van der Waals surface area contributed by atoms with Gasteiger partial charge in [0.2, 0.25) is 5.91 Å². The first-order valence-electron chi connectivity index (χ1n) is 9.32. The molecule has 1 saturated carbocycles. The number of hydrogen-bond donors (Lipinski definition) is 1. The summed E-state index contributed by atoms with van der Waals surface area (Å²) in [7, 11) is 0. The Morgan fingerprint density at radius 3 is 2.77 bits per heavy atom. The van der Waals surface area contributed by atoms with Crippen molar-refractivity contribution >= 4 is 17.7 Å². The van der Waals surface area contributed by atoms with Gasteiger partial charge < -0.3 is 5.32 Å². The van der Waals surface area contributed by atoms with Gasteiger partial charge in [-0.15, -0.1) is 10.2 Å². The lowest BCUT2D eigenvalue weighted by Gasteiger charge is -2.15. The van der Waals surface area contributed by atoms with Gasteiger partial charge in [-0.3, -0.25) is 14.3 Å². The van der Waals surface area contributed by atoms with Crippen molar-refractivity contribution in [2.45, 2.75) is 63.7 Å². The van der Waals surface area contributed by atoms with Crippen LogP contribution in [0.25, 0.3) is 11.4 Å². The second kappa shape index (κ2) is 8.66. The predicted molar refractivity (Wildman–Crippen MR) is 104 cm³/mol. The van der Waals surface area contributed by atoms with Crippen LogP contribution >= 0.6 is 11.8 Å². The molecule has 7 heteroatoms. The number of pyridine rings is 1. The minimum absolute atomic E-state index is 0.0551. The molecule has 1 fully saturated rings. The molecule has 1 N–H and O–H groups in total. The highest BCUT2D eigenvalue weighted by Crippen LogP contribution is 2.40. The zero-order chi connectivity index (χ0) is 18.5. The lowest BCUT2D eigenvalue weighted by atomic mass is 10.0. The van der Waals surface area contributed by atoms with E-state index in [0.29, 0.717) is 17.7 Å². The molecule has 1 atom stereocenters. The summed E-state index contributed by atoms with van der Waals surface area (Å²) in [4.78, 5) is 16.4. The standard InChI is InChI=1S/C19H27N5OS/c1-13(2)6-7-14(3)21-17(25)12-26-19-23-22-18(24(19)16-8-9-16)15-5-4-10-20-11-15/h4-5,10-11,13-14,16H,6-9,12H2,1-3H3,(H,21,25)/t14-/m1/s1. The van der Waals surface area contributed by atoms with Crippen LogP contribution in [0.4, 0.5) is 0 Å². The molecule has 0 saturated heterocycles. The van der Waals surface area contributed by atoms with E-state index in [2.05, 4.69) is 45.8 Å². The van der Waals surface area contributed by atoms with Crippen molar-refractivity contribution in [2.24, 2.45) is 5.92 Å². The van der Waals surface area contributed by atoms with Crippen molar-refractivity contribution < 1.29 is 4.79 Å². The van der Waals surface area contributed by atoms with Gasteiger partial charge in [0.25, 0.3) is 0 Å². The maximum Gasteiger partial charge on any atom is 0.230 e. The SMILES string of the molecule is CC(C)CC[C@@H](C)NC(=O)CSc1nnc(-c2cccnc2)n1C1CC1. The fourth-order valence-corrected chi connectivity index (χ4v) is 3.65. The van der Waals surface area contributed by atoms with Crippen LogP contribution in [-0.4, -0.2) is 37.5 Å². The minimum Gasteiger partial charge on any atom is -0.353 e. The molecule has 1 aliphatic rings. The first-order chi connectivity index (χ1) is 12.5. The van der Waals surface area contributed by atoms with Crippen LogP contribution in [0.2, 0.25) is 0 Å². The van der Waals surface area contributed by atoms with Crippen LogP contribution in [0.1, 0.15) is 52.5 Å². The lowest BCUT2D eigenvalue weighted by Crippen LogP contribution is -2.34. The maximum absolute atomic E-state index is 12.2. The van der Waals surface area contributed by atoms with E-state index in [1.54, 1.807) is 12.4 Å². The van der Waals surface area contributed by atoms with Crippen molar-refractivity contribution in [2.75, 3.05) is 5.75 Å². The van der Waals surface area contributed by atoms with Crippen LogP contribution < -0.4 is 5.32 Å². The van der Waals surface area contributed by atoms with Gasteiger partial charge in [0.1, 0.15) is 0 Å². The number of nitrogens with zero attached hydrogens (tertiary/aromatic N) is 4. The van der Waals surface area contributed by atoms with Crippen LogP contribution in [0, 0.1) is 5.92 Å². The second-order valence-corrected chi connectivity index (χ2v) is 8.32. The van der Waals surface area contributed by atoms with Gasteiger partial charge >= 0.3 is 0 Å². The summed E-state index contributed by atoms with van der Waals surface area (Å²) in [6.07, 6.45) is 7.97. The number of carbonyl (C=O) groups is 1. The highest BCUT2D eigenvalue weighted by atomic mass is 32.2. The van der Waals surface area contributed by atoms with E-state index >= 15 is 0 Å². The molecule has 0 unspecified atom stereocenters. The number of carbonyl (C=O) groups excluding carboxylic acids is 1. The molecule has 140 valence electrons. The summed E-state index contributed by atoms with van der Waals surface area (Å²) in [6, 6.07) is 4.54. The molecule has 0 bridgehead atoms. The minimum atomic E-state index is 0.0551. The Labute approximate surface area is 159 Å². The quantitative estimate of drug-likeness (QED) is 0.678. The Balaban J connectivity index is 1.60. The van der Waals surface area contributed by atoms with Gasteiger partial charge in [0.15, 0.2) is 11.0 Å². The number of thioether (sulfide) groups is 1. The molecule has 0 aliphatic heterocycles. The van der Waals surface area contributed by atoms with E-state index in [4.69, 9.17) is 0 Å². The maximum atomic E-state index is 12.2. The molecule has 1 amide bonds. The van der Waals surface area contributed by atoms with Gasteiger partial charge in [0.05, 0.1) is 5.75 Å². The van der Waals surface area contributed by atoms with Crippen LogP contribution in [0.5, 0.6) is 0 Å². The number of aromatic nitrogens is 4. The Morgan fingerprint density at radius 1 is 1.31 bits per heavy atom. The summed E-state index contributed by atoms with van der Waals surface area (Å²) in [5.74, 6) is 1.92. The third-order valence-corrected chi connectivity index (χ3v) is 5.36. The molecule has 1 aliphatic carbocycles. The normalized spacial score (nSPS) is 15.2. The van der Waals surface area contributed by atoms with E-state index < -0.39 is 0 Å². The van der Waals surface area contributed by atoms with E-state index in [0.717, 1.165) is 42.2 Å². The third kappa shape index (κ3) is 5.06. The third-order valence-electron chi connectivity index (χ3n) is 4.41. The van der Waals surface area contributed by atoms with Gasteiger partial charge in [-0.2, -0.15) is 0 Å². The average molecular weight is 374 g/mol. The van der Waals surface area contributed by atoms with Crippen molar-refractivity contribution in [1.82, 2.24) is 25.1 Å².